The maximum Gasteiger partial charge on any atom is 0.0406 e. The molecule has 0 aliphatic rings. The van der Waals surface area contributed by atoms with Gasteiger partial charge in [0.1, 0.15) is 0 Å². The lowest BCUT2D eigenvalue weighted by Gasteiger charge is -2.27. The van der Waals surface area contributed by atoms with Crippen molar-refractivity contribution in [3.63, 3.8) is 0 Å². The maximum absolute atomic E-state index is 5.99. The van der Waals surface area contributed by atoms with Crippen LogP contribution >= 0.6 is 44.8 Å². The molecule has 0 N–H and O–H groups in total. The van der Waals surface area contributed by atoms with Crippen molar-refractivity contribution in [3.8, 4) is 0 Å². The van der Waals surface area contributed by atoms with Gasteiger partial charge in [0.15, 0.2) is 0 Å². The van der Waals surface area contributed by atoms with Crippen molar-refractivity contribution in [1.29, 1.82) is 0 Å². The molecule has 0 saturated heterocycles. The highest BCUT2D eigenvalue weighted by Crippen LogP contribution is 2.37. The molecule has 0 amide bonds. The zero-order chi connectivity index (χ0) is 17.8. The van der Waals surface area contributed by atoms with E-state index >= 15 is 0 Å². The molecule has 0 atom stereocenters. The number of halogens is 2. The first-order valence-electron chi connectivity index (χ1n) is 7.97. The largest absolute Gasteiger partial charge is 0.0932 e. The van der Waals surface area contributed by atoms with Crippen LogP contribution in [0.3, 0.4) is 0 Å². The Morgan fingerprint density at radius 2 is 0.917 bits per heavy atom. The van der Waals surface area contributed by atoms with Crippen molar-refractivity contribution in [1.82, 2.24) is 0 Å². The second-order valence-corrected chi connectivity index (χ2v) is 10.6. The number of hydrogen-bond acceptors (Lipinski definition) is 2. The zero-order valence-electron chi connectivity index (χ0n) is 14.6. The van der Waals surface area contributed by atoms with Gasteiger partial charge in [0.2, 0.25) is 0 Å². The summed E-state index contributed by atoms with van der Waals surface area (Å²) in [6.45, 7) is 9.14. The smallest absolute Gasteiger partial charge is 0.0406 e. The van der Waals surface area contributed by atoms with Crippen LogP contribution in [0.25, 0.3) is 0 Å². The minimum atomic E-state index is 0.132. The van der Waals surface area contributed by atoms with E-state index in [9.17, 15) is 0 Å². The van der Waals surface area contributed by atoms with E-state index in [-0.39, 0.29) is 10.8 Å². The van der Waals surface area contributed by atoms with E-state index < -0.39 is 0 Å². The van der Waals surface area contributed by atoms with E-state index in [1.54, 1.807) is 0 Å². The van der Waals surface area contributed by atoms with Crippen LogP contribution < -0.4 is 0 Å². The quantitative estimate of drug-likeness (QED) is 0.347. The number of benzene rings is 2. The van der Waals surface area contributed by atoms with Gasteiger partial charge in [-0.05, 0) is 46.2 Å². The molecule has 0 nitrogen and oxygen atoms in total. The van der Waals surface area contributed by atoms with E-state index in [4.69, 9.17) is 23.2 Å². The molecule has 0 unspecified atom stereocenters. The van der Waals surface area contributed by atoms with Crippen molar-refractivity contribution in [2.24, 2.45) is 0 Å². The summed E-state index contributed by atoms with van der Waals surface area (Å²) in [6, 6.07) is 16.4. The van der Waals surface area contributed by atoms with Crippen molar-refractivity contribution in [2.45, 2.75) is 38.5 Å². The summed E-state index contributed by atoms with van der Waals surface area (Å²) < 4.78 is 0. The summed E-state index contributed by atoms with van der Waals surface area (Å²) >= 11 is 12.0. The SMILES string of the molecule is CC(C)(CSSCC(C)(C)c1ccc(Cl)cc1)c1ccc(Cl)cc1. The standard InChI is InChI=1S/C20H24Cl2S2/c1-19(2,15-5-9-17(21)10-6-15)13-23-24-14-20(3,4)16-7-11-18(22)12-8-16/h5-12H,13-14H2,1-4H3. The lowest BCUT2D eigenvalue weighted by molar-refractivity contribution is 0.601. The normalized spacial score (nSPS) is 12.4. The first kappa shape index (κ1) is 20.0. The molecule has 0 radical (unpaired) electrons. The van der Waals surface area contributed by atoms with Crippen molar-refractivity contribution >= 4 is 44.8 Å². The Kier molecular flexibility index (Phi) is 7.01. The predicted molar refractivity (Wildman–Crippen MR) is 114 cm³/mol. The van der Waals surface area contributed by atoms with Gasteiger partial charge in [-0.25, -0.2) is 0 Å². The molecule has 0 aromatic heterocycles. The number of hydrogen-bond donors (Lipinski definition) is 0. The zero-order valence-corrected chi connectivity index (χ0v) is 17.8. The first-order valence-corrected chi connectivity index (χ1v) is 11.2. The van der Waals surface area contributed by atoms with Crippen LogP contribution in [0.4, 0.5) is 0 Å². The molecule has 0 aliphatic carbocycles. The third kappa shape index (κ3) is 5.62. The average molecular weight is 399 g/mol. The summed E-state index contributed by atoms with van der Waals surface area (Å²) in [6.07, 6.45) is 0. The van der Waals surface area contributed by atoms with Gasteiger partial charge in [-0.2, -0.15) is 0 Å². The minimum absolute atomic E-state index is 0.132. The molecule has 0 fully saturated rings. The van der Waals surface area contributed by atoms with Crippen LogP contribution in [0.2, 0.25) is 10.0 Å². The fraction of sp³-hybridized carbons (Fsp3) is 0.400. The fourth-order valence-electron chi connectivity index (χ4n) is 2.35. The third-order valence-electron chi connectivity index (χ3n) is 4.17. The summed E-state index contributed by atoms with van der Waals surface area (Å²) in [7, 11) is 3.88. The van der Waals surface area contributed by atoms with Gasteiger partial charge in [0.05, 0.1) is 0 Å². The Morgan fingerprint density at radius 1 is 0.625 bits per heavy atom. The molecule has 2 aromatic carbocycles. The second kappa shape index (κ2) is 8.40. The maximum atomic E-state index is 5.99. The molecular formula is C20H24Cl2S2. The van der Waals surface area contributed by atoms with Gasteiger partial charge in [0.25, 0.3) is 0 Å². The molecule has 0 spiro atoms. The molecule has 0 bridgehead atoms. The van der Waals surface area contributed by atoms with Crippen LogP contribution in [-0.2, 0) is 10.8 Å². The van der Waals surface area contributed by atoms with Gasteiger partial charge in [-0.1, -0.05) is 96.8 Å². The minimum Gasteiger partial charge on any atom is -0.0932 e. The van der Waals surface area contributed by atoms with Crippen LogP contribution in [-0.4, -0.2) is 11.5 Å². The monoisotopic (exact) mass is 398 g/mol. The second-order valence-electron chi connectivity index (χ2n) is 7.31. The molecule has 2 aromatic rings. The molecule has 0 saturated carbocycles. The predicted octanol–water partition coefficient (Wildman–Crippen LogP) is 7.63. The molecular weight excluding hydrogens is 375 g/mol. The molecule has 2 rings (SSSR count). The topological polar surface area (TPSA) is 0 Å². The highest BCUT2D eigenvalue weighted by atomic mass is 35.5. The van der Waals surface area contributed by atoms with Crippen molar-refractivity contribution < 1.29 is 0 Å². The molecule has 4 heteroatoms. The Bertz CT molecular complexity index is 587. The summed E-state index contributed by atoms with van der Waals surface area (Å²) in [5.74, 6) is 2.13. The summed E-state index contributed by atoms with van der Waals surface area (Å²) in [5.41, 5.74) is 2.92. The van der Waals surface area contributed by atoms with E-state index in [1.165, 1.54) is 11.1 Å². The Morgan fingerprint density at radius 3 is 1.21 bits per heavy atom. The highest BCUT2D eigenvalue weighted by molar-refractivity contribution is 8.76. The van der Waals surface area contributed by atoms with Gasteiger partial charge in [0, 0.05) is 21.6 Å². The Hall–Kier alpha value is -0.280. The summed E-state index contributed by atoms with van der Waals surface area (Å²) in [4.78, 5) is 0. The fourth-order valence-corrected chi connectivity index (χ4v) is 5.96. The van der Waals surface area contributed by atoms with Crippen molar-refractivity contribution in [2.75, 3.05) is 11.5 Å². The van der Waals surface area contributed by atoms with E-state index in [0.717, 1.165) is 21.6 Å². The van der Waals surface area contributed by atoms with E-state index in [2.05, 4.69) is 52.0 Å². The van der Waals surface area contributed by atoms with E-state index in [0.29, 0.717) is 0 Å². The van der Waals surface area contributed by atoms with Crippen molar-refractivity contribution in [3.05, 3.63) is 69.7 Å². The molecule has 130 valence electrons. The Balaban J connectivity index is 1.87. The lowest BCUT2D eigenvalue weighted by atomic mass is 9.87. The molecule has 24 heavy (non-hydrogen) atoms. The first-order chi connectivity index (χ1) is 11.2. The van der Waals surface area contributed by atoms with Crippen LogP contribution in [0.15, 0.2) is 48.5 Å². The van der Waals surface area contributed by atoms with E-state index in [1.807, 2.05) is 45.9 Å². The Labute approximate surface area is 164 Å². The van der Waals surface area contributed by atoms with Gasteiger partial charge in [-0.3, -0.25) is 0 Å². The third-order valence-corrected chi connectivity index (χ3v) is 7.73. The van der Waals surface area contributed by atoms with Crippen LogP contribution in [0.5, 0.6) is 0 Å². The van der Waals surface area contributed by atoms with Gasteiger partial charge in [-0.15, -0.1) is 0 Å². The van der Waals surface area contributed by atoms with Gasteiger partial charge < -0.3 is 0 Å². The number of rotatable bonds is 7. The van der Waals surface area contributed by atoms with Crippen LogP contribution in [0, 0.1) is 0 Å². The molecule has 0 aliphatic heterocycles. The average Bonchev–Trinajstić information content (AvgIpc) is 2.52. The lowest BCUT2D eigenvalue weighted by Crippen LogP contribution is -2.21. The highest BCUT2D eigenvalue weighted by Gasteiger charge is 2.23. The van der Waals surface area contributed by atoms with Crippen LogP contribution in [0.1, 0.15) is 38.8 Å². The van der Waals surface area contributed by atoms with Gasteiger partial charge >= 0.3 is 0 Å². The summed E-state index contributed by atoms with van der Waals surface area (Å²) in [5, 5.41) is 1.59. The molecule has 0 heterocycles.